The molecule has 4 nitrogen and oxygen atoms in total. The zero-order chi connectivity index (χ0) is 18.7. The number of pyridine rings is 1. The van der Waals surface area contributed by atoms with Crippen LogP contribution in [-0.4, -0.2) is 10.9 Å². The monoisotopic (exact) mass is 380 g/mol. The van der Waals surface area contributed by atoms with Crippen molar-refractivity contribution in [1.29, 1.82) is 0 Å². The lowest BCUT2D eigenvalue weighted by molar-refractivity contribution is -0.126. The third-order valence-electron chi connectivity index (χ3n) is 5.38. The van der Waals surface area contributed by atoms with Gasteiger partial charge in [0.05, 0.1) is 23.6 Å². The molecule has 1 N–H and O–H groups in total. The molecule has 27 heavy (non-hydrogen) atoms. The SMILES string of the molecule is O=C(NCc1ccc(-c2ccoc2)nc1)C1(c2ccc(Cl)cc2)CCCC1. The molecule has 0 saturated heterocycles. The number of furan rings is 1. The first-order valence-corrected chi connectivity index (χ1v) is 9.57. The summed E-state index contributed by atoms with van der Waals surface area (Å²) in [6.45, 7) is 0.465. The maximum atomic E-state index is 13.1. The van der Waals surface area contributed by atoms with Gasteiger partial charge in [0.1, 0.15) is 0 Å². The minimum atomic E-state index is -0.450. The van der Waals surface area contributed by atoms with Gasteiger partial charge in [-0.2, -0.15) is 0 Å². The van der Waals surface area contributed by atoms with Gasteiger partial charge in [-0.25, -0.2) is 0 Å². The second kappa shape index (κ2) is 7.57. The Morgan fingerprint density at radius 3 is 2.52 bits per heavy atom. The van der Waals surface area contributed by atoms with Gasteiger partial charge in [-0.15, -0.1) is 0 Å². The van der Waals surface area contributed by atoms with Crippen LogP contribution in [0.1, 0.15) is 36.8 Å². The highest BCUT2D eigenvalue weighted by atomic mass is 35.5. The molecule has 5 heteroatoms. The summed E-state index contributed by atoms with van der Waals surface area (Å²) in [6, 6.07) is 13.5. The number of nitrogens with zero attached hydrogens (tertiary/aromatic N) is 1. The van der Waals surface area contributed by atoms with Crippen LogP contribution in [0.5, 0.6) is 0 Å². The zero-order valence-corrected chi connectivity index (χ0v) is 15.7. The Hall–Kier alpha value is -2.59. The highest BCUT2D eigenvalue weighted by Gasteiger charge is 2.42. The van der Waals surface area contributed by atoms with Crippen molar-refractivity contribution < 1.29 is 9.21 Å². The van der Waals surface area contributed by atoms with Gasteiger partial charge in [-0.1, -0.05) is 42.6 Å². The van der Waals surface area contributed by atoms with E-state index in [0.717, 1.165) is 48.1 Å². The molecule has 0 atom stereocenters. The molecular formula is C22H21ClN2O2. The second-order valence-corrected chi connectivity index (χ2v) is 7.48. The fourth-order valence-electron chi connectivity index (χ4n) is 3.86. The van der Waals surface area contributed by atoms with E-state index in [1.54, 1.807) is 18.7 Å². The van der Waals surface area contributed by atoms with Crippen molar-refractivity contribution in [2.45, 2.75) is 37.6 Å². The van der Waals surface area contributed by atoms with Crippen molar-refractivity contribution in [3.05, 3.63) is 77.3 Å². The molecule has 1 amide bonds. The molecule has 0 spiro atoms. The molecule has 1 aromatic carbocycles. The molecule has 0 aliphatic heterocycles. The maximum Gasteiger partial charge on any atom is 0.230 e. The summed E-state index contributed by atoms with van der Waals surface area (Å²) in [4.78, 5) is 17.6. The average Bonchev–Trinajstić information content (AvgIpc) is 3.40. The van der Waals surface area contributed by atoms with Crippen LogP contribution >= 0.6 is 11.6 Å². The molecule has 1 aliphatic rings. The third-order valence-corrected chi connectivity index (χ3v) is 5.64. The highest BCUT2D eigenvalue weighted by Crippen LogP contribution is 2.41. The van der Waals surface area contributed by atoms with Crippen LogP contribution in [0, 0.1) is 0 Å². The number of hydrogen-bond acceptors (Lipinski definition) is 3. The molecule has 1 fully saturated rings. The maximum absolute atomic E-state index is 13.1. The smallest absolute Gasteiger partial charge is 0.230 e. The molecule has 0 radical (unpaired) electrons. The molecule has 4 rings (SSSR count). The Morgan fingerprint density at radius 1 is 1.11 bits per heavy atom. The van der Waals surface area contributed by atoms with Crippen LogP contribution in [0.2, 0.25) is 5.02 Å². The highest BCUT2D eigenvalue weighted by molar-refractivity contribution is 6.30. The molecule has 2 aromatic heterocycles. The fraction of sp³-hybridized carbons (Fsp3) is 0.273. The van der Waals surface area contributed by atoms with E-state index in [-0.39, 0.29) is 5.91 Å². The summed E-state index contributed by atoms with van der Waals surface area (Å²) < 4.78 is 5.09. The lowest BCUT2D eigenvalue weighted by Crippen LogP contribution is -2.42. The minimum absolute atomic E-state index is 0.0845. The Labute approximate surface area is 163 Å². The van der Waals surface area contributed by atoms with E-state index in [1.807, 2.05) is 42.5 Å². The predicted octanol–water partition coefficient (Wildman–Crippen LogP) is 5.12. The van der Waals surface area contributed by atoms with Crippen molar-refractivity contribution in [3.63, 3.8) is 0 Å². The first-order valence-electron chi connectivity index (χ1n) is 9.19. The van der Waals surface area contributed by atoms with E-state index in [0.29, 0.717) is 11.6 Å². The van der Waals surface area contributed by atoms with Crippen molar-refractivity contribution in [1.82, 2.24) is 10.3 Å². The van der Waals surface area contributed by atoms with Gasteiger partial charge in [0.2, 0.25) is 5.91 Å². The van der Waals surface area contributed by atoms with Crippen molar-refractivity contribution in [3.8, 4) is 11.3 Å². The number of carbonyl (C=O) groups is 1. The van der Waals surface area contributed by atoms with Crippen LogP contribution < -0.4 is 5.32 Å². The molecule has 1 aliphatic carbocycles. The topological polar surface area (TPSA) is 55.1 Å². The summed E-state index contributed by atoms with van der Waals surface area (Å²) in [5.41, 5.74) is 3.37. The minimum Gasteiger partial charge on any atom is -0.472 e. The Morgan fingerprint density at radius 2 is 1.89 bits per heavy atom. The van der Waals surface area contributed by atoms with Gasteiger partial charge >= 0.3 is 0 Å². The summed E-state index contributed by atoms with van der Waals surface area (Å²) in [5, 5.41) is 3.81. The molecule has 3 aromatic rings. The van der Waals surface area contributed by atoms with Gasteiger partial charge in [0.15, 0.2) is 0 Å². The van der Waals surface area contributed by atoms with E-state index in [1.165, 1.54) is 0 Å². The quantitative estimate of drug-likeness (QED) is 0.668. The molecule has 0 unspecified atom stereocenters. The van der Waals surface area contributed by atoms with E-state index in [9.17, 15) is 4.79 Å². The molecule has 1 saturated carbocycles. The van der Waals surface area contributed by atoms with Gasteiger partial charge in [-0.3, -0.25) is 9.78 Å². The van der Waals surface area contributed by atoms with Crippen LogP contribution in [0.25, 0.3) is 11.3 Å². The Kier molecular flexibility index (Phi) is 4.99. The summed E-state index contributed by atoms with van der Waals surface area (Å²) in [5.74, 6) is 0.0845. The standard InChI is InChI=1S/C22H21ClN2O2/c23-19-6-4-18(5-7-19)22(10-1-2-11-22)21(26)25-14-16-3-8-20(24-13-16)17-9-12-27-15-17/h3-9,12-13,15H,1-2,10-11,14H2,(H,25,26). The number of rotatable bonds is 5. The number of aromatic nitrogens is 1. The molecule has 138 valence electrons. The van der Waals surface area contributed by atoms with Gasteiger partial charge in [0.25, 0.3) is 0 Å². The van der Waals surface area contributed by atoms with Crippen molar-refractivity contribution in [2.24, 2.45) is 0 Å². The van der Waals surface area contributed by atoms with Crippen LogP contribution in [0.4, 0.5) is 0 Å². The van der Waals surface area contributed by atoms with Crippen molar-refractivity contribution >= 4 is 17.5 Å². The summed E-state index contributed by atoms with van der Waals surface area (Å²) in [6.07, 6.45) is 8.97. The fourth-order valence-corrected chi connectivity index (χ4v) is 3.98. The number of benzene rings is 1. The van der Waals surface area contributed by atoms with Gasteiger partial charge < -0.3 is 9.73 Å². The number of hydrogen-bond donors (Lipinski definition) is 1. The van der Waals surface area contributed by atoms with Gasteiger partial charge in [-0.05, 0) is 48.2 Å². The number of halogens is 1. The van der Waals surface area contributed by atoms with Crippen LogP contribution in [-0.2, 0) is 16.8 Å². The first kappa shape index (κ1) is 17.8. The van der Waals surface area contributed by atoms with Gasteiger partial charge in [0, 0.05) is 23.3 Å². The second-order valence-electron chi connectivity index (χ2n) is 7.04. The van der Waals surface area contributed by atoms with E-state index in [2.05, 4.69) is 10.3 Å². The Balaban J connectivity index is 1.46. The van der Waals surface area contributed by atoms with E-state index in [4.69, 9.17) is 16.0 Å². The Bertz CT molecular complexity index is 897. The largest absolute Gasteiger partial charge is 0.472 e. The number of amides is 1. The summed E-state index contributed by atoms with van der Waals surface area (Å²) >= 11 is 6.02. The van der Waals surface area contributed by atoms with E-state index >= 15 is 0 Å². The molecule has 0 bridgehead atoms. The molecule has 2 heterocycles. The lowest BCUT2D eigenvalue weighted by atomic mass is 9.78. The molecular weight excluding hydrogens is 360 g/mol. The number of carbonyl (C=O) groups excluding carboxylic acids is 1. The average molecular weight is 381 g/mol. The third kappa shape index (κ3) is 3.62. The van der Waals surface area contributed by atoms with E-state index < -0.39 is 5.41 Å². The van der Waals surface area contributed by atoms with Crippen LogP contribution in [0.3, 0.4) is 0 Å². The lowest BCUT2D eigenvalue weighted by Gasteiger charge is -2.28. The number of nitrogens with one attached hydrogen (secondary N) is 1. The normalized spacial score (nSPS) is 15.6. The summed E-state index contributed by atoms with van der Waals surface area (Å²) in [7, 11) is 0. The zero-order valence-electron chi connectivity index (χ0n) is 15.0. The van der Waals surface area contributed by atoms with Crippen molar-refractivity contribution in [2.75, 3.05) is 0 Å². The van der Waals surface area contributed by atoms with Crippen LogP contribution in [0.15, 0.2) is 65.6 Å². The predicted molar refractivity (Wildman–Crippen MR) is 105 cm³/mol. The first-order chi connectivity index (χ1) is 13.2.